The maximum atomic E-state index is 12.6. The fraction of sp³-hybridized carbons (Fsp3) is 0.296. The quantitative estimate of drug-likeness (QED) is 0.574. The summed E-state index contributed by atoms with van der Waals surface area (Å²) in [5.74, 6) is 1.44. The topological polar surface area (TPSA) is 50.8 Å². The van der Waals surface area contributed by atoms with Crippen molar-refractivity contribution >= 4 is 5.91 Å². The highest BCUT2D eigenvalue weighted by atomic mass is 16.5. The summed E-state index contributed by atoms with van der Waals surface area (Å²) in [6, 6.07) is 23.9. The van der Waals surface area contributed by atoms with Gasteiger partial charge in [-0.05, 0) is 66.4 Å². The number of nitrogens with one attached hydrogen (secondary N) is 1. The van der Waals surface area contributed by atoms with Crippen LogP contribution in [0.2, 0.25) is 0 Å². The number of methoxy groups -OCH3 is 1. The third kappa shape index (κ3) is 5.68. The summed E-state index contributed by atoms with van der Waals surface area (Å²) in [7, 11) is 1.63. The number of benzene rings is 3. The van der Waals surface area contributed by atoms with Crippen molar-refractivity contribution in [2.24, 2.45) is 0 Å². The van der Waals surface area contributed by atoms with Crippen molar-refractivity contribution in [3.05, 3.63) is 95.1 Å². The Kier molecular flexibility index (Phi) is 7.07. The van der Waals surface area contributed by atoms with Crippen molar-refractivity contribution in [1.82, 2.24) is 10.2 Å². The number of nitrogens with zero attached hydrogens (tertiary/aromatic N) is 1. The van der Waals surface area contributed by atoms with Crippen molar-refractivity contribution in [1.29, 1.82) is 0 Å². The molecule has 0 spiro atoms. The Morgan fingerprint density at radius 3 is 2.38 bits per heavy atom. The molecule has 0 aromatic heterocycles. The number of amides is 1. The van der Waals surface area contributed by atoms with Crippen molar-refractivity contribution in [2.75, 3.05) is 20.3 Å². The van der Waals surface area contributed by atoms with Crippen LogP contribution in [-0.4, -0.2) is 37.1 Å². The lowest BCUT2D eigenvalue weighted by Gasteiger charge is -2.28. The van der Waals surface area contributed by atoms with Crippen molar-refractivity contribution < 1.29 is 14.3 Å². The number of hydrogen-bond donors (Lipinski definition) is 1. The van der Waals surface area contributed by atoms with Gasteiger partial charge in [0, 0.05) is 25.2 Å². The SMILES string of the molecule is COc1ccc(OCC(C)NC(=O)c2ccc(CN3CCc4ccccc4C3)cc2)cc1. The molecule has 3 aromatic rings. The summed E-state index contributed by atoms with van der Waals surface area (Å²) >= 11 is 0. The van der Waals surface area contributed by atoms with Crippen molar-refractivity contribution in [2.45, 2.75) is 32.5 Å². The minimum absolute atomic E-state index is 0.0886. The van der Waals surface area contributed by atoms with E-state index in [0.29, 0.717) is 12.2 Å². The van der Waals surface area contributed by atoms with Crippen LogP contribution >= 0.6 is 0 Å². The maximum absolute atomic E-state index is 12.6. The average molecular weight is 431 g/mol. The van der Waals surface area contributed by atoms with Crippen LogP contribution in [-0.2, 0) is 19.5 Å². The number of fused-ring (bicyclic) bond motifs is 1. The molecule has 0 saturated heterocycles. The summed E-state index contributed by atoms with van der Waals surface area (Å²) in [5, 5.41) is 3.00. The van der Waals surface area contributed by atoms with E-state index in [1.54, 1.807) is 7.11 Å². The molecule has 3 aromatic carbocycles. The molecule has 1 heterocycles. The van der Waals surface area contributed by atoms with Crippen molar-refractivity contribution in [3.8, 4) is 11.5 Å². The van der Waals surface area contributed by atoms with E-state index in [2.05, 4.69) is 34.5 Å². The first-order valence-electron chi connectivity index (χ1n) is 11.1. The summed E-state index contributed by atoms with van der Waals surface area (Å²) in [5.41, 5.74) is 4.76. The Balaban J connectivity index is 1.25. The zero-order chi connectivity index (χ0) is 22.3. The van der Waals surface area contributed by atoms with E-state index >= 15 is 0 Å². The maximum Gasteiger partial charge on any atom is 0.251 e. The highest BCUT2D eigenvalue weighted by Crippen LogP contribution is 2.20. The molecular weight excluding hydrogens is 400 g/mol. The molecule has 1 aliphatic rings. The van der Waals surface area contributed by atoms with Gasteiger partial charge in [-0.3, -0.25) is 9.69 Å². The second-order valence-electron chi connectivity index (χ2n) is 8.29. The molecule has 5 heteroatoms. The molecule has 1 unspecified atom stereocenters. The molecule has 4 rings (SSSR count). The fourth-order valence-electron chi connectivity index (χ4n) is 3.95. The van der Waals surface area contributed by atoms with Gasteiger partial charge in [-0.15, -0.1) is 0 Å². The molecule has 1 atom stereocenters. The van der Waals surface area contributed by atoms with Gasteiger partial charge < -0.3 is 14.8 Å². The van der Waals surface area contributed by atoms with Gasteiger partial charge in [0.2, 0.25) is 0 Å². The van der Waals surface area contributed by atoms with E-state index in [4.69, 9.17) is 9.47 Å². The van der Waals surface area contributed by atoms with Crippen LogP contribution in [0, 0.1) is 0 Å². The van der Waals surface area contributed by atoms with Crippen LogP contribution in [0.1, 0.15) is 34.0 Å². The normalized spacial score (nSPS) is 14.3. The first kappa shape index (κ1) is 21.9. The van der Waals surface area contributed by atoms with Gasteiger partial charge in [-0.25, -0.2) is 0 Å². The summed E-state index contributed by atoms with van der Waals surface area (Å²) in [6.07, 6.45) is 1.09. The van der Waals surface area contributed by atoms with Gasteiger partial charge >= 0.3 is 0 Å². The Hall–Kier alpha value is -3.31. The standard InChI is InChI=1S/C27H30N2O3/c1-20(19-32-26-13-11-25(31-2)12-14-26)28-27(30)23-9-7-21(8-10-23)17-29-16-15-22-5-3-4-6-24(22)18-29/h3-14,20H,15-19H2,1-2H3,(H,28,30). The number of carbonyl (C=O) groups is 1. The molecule has 1 N–H and O–H groups in total. The Morgan fingerprint density at radius 1 is 0.969 bits per heavy atom. The number of hydrogen-bond acceptors (Lipinski definition) is 4. The predicted octanol–water partition coefficient (Wildman–Crippen LogP) is 4.45. The fourth-order valence-corrected chi connectivity index (χ4v) is 3.95. The van der Waals surface area contributed by atoms with Crippen LogP contribution in [0.5, 0.6) is 11.5 Å². The lowest BCUT2D eigenvalue weighted by molar-refractivity contribution is 0.0926. The van der Waals surface area contributed by atoms with E-state index < -0.39 is 0 Å². The van der Waals surface area contributed by atoms with E-state index in [0.717, 1.165) is 37.6 Å². The molecule has 1 aliphatic heterocycles. The molecule has 0 bridgehead atoms. The lowest BCUT2D eigenvalue weighted by atomic mass is 9.99. The molecule has 0 aliphatic carbocycles. The lowest BCUT2D eigenvalue weighted by Crippen LogP contribution is -2.36. The van der Waals surface area contributed by atoms with Crippen LogP contribution < -0.4 is 14.8 Å². The molecule has 1 amide bonds. The van der Waals surface area contributed by atoms with Crippen LogP contribution in [0.4, 0.5) is 0 Å². The van der Waals surface area contributed by atoms with Gasteiger partial charge in [-0.1, -0.05) is 36.4 Å². The van der Waals surface area contributed by atoms with Crippen LogP contribution in [0.25, 0.3) is 0 Å². The summed E-state index contributed by atoms with van der Waals surface area (Å²) < 4.78 is 10.9. The van der Waals surface area contributed by atoms with Gasteiger partial charge in [0.1, 0.15) is 18.1 Å². The highest BCUT2D eigenvalue weighted by Gasteiger charge is 2.16. The third-order valence-corrected chi connectivity index (χ3v) is 5.77. The second kappa shape index (κ2) is 10.3. The summed E-state index contributed by atoms with van der Waals surface area (Å²) in [4.78, 5) is 15.0. The highest BCUT2D eigenvalue weighted by molar-refractivity contribution is 5.94. The Labute approximate surface area is 190 Å². The number of carbonyl (C=O) groups excluding carboxylic acids is 1. The number of rotatable bonds is 8. The first-order chi connectivity index (χ1) is 15.6. The molecule has 0 radical (unpaired) electrons. The van der Waals surface area contributed by atoms with Crippen molar-refractivity contribution in [3.63, 3.8) is 0 Å². The second-order valence-corrected chi connectivity index (χ2v) is 8.29. The van der Waals surface area contributed by atoms with E-state index in [1.807, 2.05) is 55.5 Å². The van der Waals surface area contributed by atoms with Gasteiger partial charge in [0.05, 0.1) is 13.2 Å². The predicted molar refractivity (Wildman–Crippen MR) is 126 cm³/mol. The minimum Gasteiger partial charge on any atom is -0.497 e. The zero-order valence-electron chi connectivity index (χ0n) is 18.7. The molecule has 5 nitrogen and oxygen atoms in total. The molecule has 32 heavy (non-hydrogen) atoms. The van der Waals surface area contributed by atoms with Crippen LogP contribution in [0.3, 0.4) is 0 Å². The molecule has 166 valence electrons. The zero-order valence-corrected chi connectivity index (χ0v) is 18.7. The van der Waals surface area contributed by atoms with Crippen LogP contribution in [0.15, 0.2) is 72.8 Å². The average Bonchev–Trinajstić information content (AvgIpc) is 2.83. The number of ether oxygens (including phenoxy) is 2. The monoisotopic (exact) mass is 430 g/mol. The molecular formula is C27H30N2O3. The minimum atomic E-state index is -0.113. The van der Waals surface area contributed by atoms with E-state index in [-0.39, 0.29) is 11.9 Å². The Morgan fingerprint density at radius 2 is 1.66 bits per heavy atom. The van der Waals surface area contributed by atoms with Gasteiger partial charge in [0.25, 0.3) is 5.91 Å². The van der Waals surface area contributed by atoms with E-state index in [9.17, 15) is 4.79 Å². The third-order valence-electron chi connectivity index (χ3n) is 5.77. The van der Waals surface area contributed by atoms with Gasteiger partial charge in [-0.2, -0.15) is 0 Å². The Bertz CT molecular complexity index is 1030. The van der Waals surface area contributed by atoms with E-state index in [1.165, 1.54) is 16.7 Å². The smallest absolute Gasteiger partial charge is 0.251 e. The molecule has 0 saturated carbocycles. The first-order valence-corrected chi connectivity index (χ1v) is 11.1. The molecule has 0 fully saturated rings. The largest absolute Gasteiger partial charge is 0.497 e. The van der Waals surface area contributed by atoms with Gasteiger partial charge in [0.15, 0.2) is 0 Å². The summed E-state index contributed by atoms with van der Waals surface area (Å²) in [6.45, 7) is 5.26.